The van der Waals surface area contributed by atoms with Crippen molar-refractivity contribution in [2.75, 3.05) is 0 Å². The summed E-state index contributed by atoms with van der Waals surface area (Å²) in [6, 6.07) is 24.2. The van der Waals surface area contributed by atoms with Gasteiger partial charge in [0.05, 0.1) is 5.69 Å². The van der Waals surface area contributed by atoms with Gasteiger partial charge in [-0.05, 0) is 47.9 Å². The smallest absolute Gasteiger partial charge is 0.0710 e. The molecular weight excluding hydrogens is 290 g/mol. The van der Waals surface area contributed by atoms with Crippen molar-refractivity contribution in [2.45, 2.75) is 6.92 Å². The molecule has 0 radical (unpaired) electrons. The molecule has 3 rings (SSSR count). The molecule has 1 aromatic heterocycles. The average Bonchev–Trinajstić information content (AvgIpc) is 2.57. The van der Waals surface area contributed by atoms with Crippen molar-refractivity contribution in [2.24, 2.45) is 0 Å². The minimum atomic E-state index is 0.741. The van der Waals surface area contributed by atoms with Gasteiger partial charge in [-0.15, -0.1) is 0 Å². The third-order valence-electron chi connectivity index (χ3n) is 3.62. The lowest BCUT2D eigenvalue weighted by Crippen LogP contribution is -1.95. The molecule has 0 aliphatic heterocycles. The summed E-state index contributed by atoms with van der Waals surface area (Å²) in [7, 11) is 0. The first kappa shape index (κ1) is 14.6. The maximum absolute atomic E-state index is 6.15. The summed E-state index contributed by atoms with van der Waals surface area (Å²) >= 11 is 6.15. The molecule has 0 unspecified atom stereocenters. The number of hydrogen-bond donors (Lipinski definition) is 0. The standard InChI is InChI=1S/C20H16ClN/c1-15(17-10-7-11-18(21)14-17)20(16-8-3-2-4-9-16)19-12-5-6-13-22-19/h2-14H,1H3/b20-15-. The maximum atomic E-state index is 6.15. The van der Waals surface area contributed by atoms with Crippen molar-refractivity contribution < 1.29 is 0 Å². The molecule has 1 nitrogen and oxygen atoms in total. The third kappa shape index (κ3) is 3.10. The van der Waals surface area contributed by atoms with E-state index in [-0.39, 0.29) is 0 Å². The highest BCUT2D eigenvalue weighted by molar-refractivity contribution is 6.30. The second-order valence-electron chi connectivity index (χ2n) is 5.09. The molecule has 0 N–H and O–H groups in total. The summed E-state index contributed by atoms with van der Waals surface area (Å²) in [5.74, 6) is 0. The lowest BCUT2D eigenvalue weighted by atomic mass is 9.93. The van der Waals surface area contributed by atoms with Gasteiger partial charge >= 0.3 is 0 Å². The largest absolute Gasteiger partial charge is 0.256 e. The highest BCUT2D eigenvalue weighted by atomic mass is 35.5. The van der Waals surface area contributed by atoms with E-state index in [0.29, 0.717) is 0 Å². The van der Waals surface area contributed by atoms with E-state index in [1.807, 2.05) is 60.8 Å². The zero-order chi connectivity index (χ0) is 15.4. The fourth-order valence-electron chi connectivity index (χ4n) is 2.54. The van der Waals surface area contributed by atoms with Gasteiger partial charge in [-0.1, -0.05) is 60.1 Å². The Labute approximate surface area is 135 Å². The molecule has 0 amide bonds. The number of halogens is 1. The van der Waals surface area contributed by atoms with Gasteiger partial charge in [-0.25, -0.2) is 0 Å². The topological polar surface area (TPSA) is 12.9 Å². The summed E-state index contributed by atoms with van der Waals surface area (Å²) in [5.41, 5.74) is 5.51. The van der Waals surface area contributed by atoms with E-state index in [4.69, 9.17) is 11.6 Å². The molecule has 2 heteroatoms. The van der Waals surface area contributed by atoms with Gasteiger partial charge in [0.2, 0.25) is 0 Å². The SMILES string of the molecule is C/C(=C(\c1ccccc1)c1ccccn1)c1cccc(Cl)c1. The second-order valence-corrected chi connectivity index (χ2v) is 5.53. The zero-order valence-electron chi connectivity index (χ0n) is 12.3. The minimum absolute atomic E-state index is 0.741. The predicted molar refractivity (Wildman–Crippen MR) is 93.7 cm³/mol. The number of rotatable bonds is 3. The van der Waals surface area contributed by atoms with Crippen LogP contribution in [0.4, 0.5) is 0 Å². The van der Waals surface area contributed by atoms with Crippen LogP contribution < -0.4 is 0 Å². The summed E-state index contributed by atoms with van der Waals surface area (Å²) in [6.07, 6.45) is 1.82. The number of allylic oxidation sites excluding steroid dienone is 1. The minimum Gasteiger partial charge on any atom is -0.256 e. The van der Waals surface area contributed by atoms with E-state index in [1.54, 1.807) is 0 Å². The first-order valence-electron chi connectivity index (χ1n) is 7.19. The molecule has 2 aromatic carbocycles. The first-order valence-corrected chi connectivity index (χ1v) is 7.57. The summed E-state index contributed by atoms with van der Waals surface area (Å²) in [6.45, 7) is 2.11. The van der Waals surface area contributed by atoms with Crippen LogP contribution in [-0.2, 0) is 0 Å². The lowest BCUT2D eigenvalue weighted by Gasteiger charge is -2.13. The number of benzene rings is 2. The van der Waals surface area contributed by atoms with Crippen LogP contribution in [0.15, 0.2) is 79.0 Å². The van der Waals surface area contributed by atoms with E-state index in [1.165, 1.54) is 0 Å². The van der Waals surface area contributed by atoms with Gasteiger partial charge in [0.1, 0.15) is 0 Å². The highest BCUT2D eigenvalue weighted by Crippen LogP contribution is 2.31. The Hall–Kier alpha value is -2.38. The Kier molecular flexibility index (Phi) is 4.36. The Morgan fingerprint density at radius 2 is 1.55 bits per heavy atom. The number of aromatic nitrogens is 1. The fraction of sp³-hybridized carbons (Fsp3) is 0.0500. The van der Waals surface area contributed by atoms with Crippen LogP contribution in [0.25, 0.3) is 11.1 Å². The van der Waals surface area contributed by atoms with Crippen LogP contribution in [0.3, 0.4) is 0 Å². The van der Waals surface area contributed by atoms with Crippen molar-refractivity contribution in [3.8, 4) is 0 Å². The van der Waals surface area contributed by atoms with Crippen LogP contribution in [-0.4, -0.2) is 4.98 Å². The first-order chi connectivity index (χ1) is 10.8. The molecule has 1 heterocycles. The van der Waals surface area contributed by atoms with Gasteiger partial charge in [0.15, 0.2) is 0 Å². The van der Waals surface area contributed by atoms with E-state index in [0.717, 1.165) is 33.0 Å². The monoisotopic (exact) mass is 305 g/mol. The van der Waals surface area contributed by atoms with Crippen LogP contribution in [0.1, 0.15) is 23.7 Å². The molecule has 0 aliphatic carbocycles. The van der Waals surface area contributed by atoms with Crippen LogP contribution in [0.5, 0.6) is 0 Å². The van der Waals surface area contributed by atoms with Gasteiger partial charge in [0, 0.05) is 16.8 Å². The maximum Gasteiger partial charge on any atom is 0.0710 e. The quantitative estimate of drug-likeness (QED) is 0.564. The molecule has 0 saturated heterocycles. The van der Waals surface area contributed by atoms with Gasteiger partial charge in [-0.3, -0.25) is 4.98 Å². The molecule has 108 valence electrons. The highest BCUT2D eigenvalue weighted by Gasteiger charge is 2.11. The summed E-state index contributed by atoms with van der Waals surface area (Å²) in [5, 5.41) is 0.741. The Morgan fingerprint density at radius 1 is 0.818 bits per heavy atom. The Bertz CT molecular complexity index is 751. The van der Waals surface area contributed by atoms with Crippen LogP contribution in [0.2, 0.25) is 5.02 Å². The fourth-order valence-corrected chi connectivity index (χ4v) is 2.73. The van der Waals surface area contributed by atoms with Crippen molar-refractivity contribution >= 4 is 22.7 Å². The Morgan fingerprint density at radius 3 is 2.23 bits per heavy atom. The molecule has 0 spiro atoms. The van der Waals surface area contributed by atoms with Crippen molar-refractivity contribution in [3.63, 3.8) is 0 Å². The molecule has 3 aromatic rings. The molecule has 0 fully saturated rings. The summed E-state index contributed by atoms with van der Waals surface area (Å²) in [4.78, 5) is 4.53. The van der Waals surface area contributed by atoms with Crippen molar-refractivity contribution in [1.82, 2.24) is 4.98 Å². The van der Waals surface area contributed by atoms with Gasteiger partial charge < -0.3 is 0 Å². The summed E-state index contributed by atoms with van der Waals surface area (Å²) < 4.78 is 0. The second kappa shape index (κ2) is 6.59. The predicted octanol–water partition coefficient (Wildman–Crippen LogP) is 5.71. The molecule has 0 saturated carbocycles. The van der Waals surface area contributed by atoms with Crippen LogP contribution in [0, 0.1) is 0 Å². The van der Waals surface area contributed by atoms with E-state index >= 15 is 0 Å². The number of hydrogen-bond acceptors (Lipinski definition) is 1. The Balaban J connectivity index is 2.23. The van der Waals surface area contributed by atoms with E-state index < -0.39 is 0 Å². The van der Waals surface area contributed by atoms with Crippen molar-refractivity contribution in [3.05, 3.63) is 101 Å². The van der Waals surface area contributed by atoms with E-state index in [2.05, 4.69) is 30.1 Å². The molecule has 0 atom stereocenters. The lowest BCUT2D eigenvalue weighted by molar-refractivity contribution is 1.27. The average molecular weight is 306 g/mol. The van der Waals surface area contributed by atoms with E-state index in [9.17, 15) is 0 Å². The number of pyridine rings is 1. The van der Waals surface area contributed by atoms with Gasteiger partial charge in [0.25, 0.3) is 0 Å². The molecule has 0 bridgehead atoms. The number of nitrogens with zero attached hydrogens (tertiary/aromatic N) is 1. The third-order valence-corrected chi connectivity index (χ3v) is 3.85. The molecular formula is C20H16ClN. The molecule has 22 heavy (non-hydrogen) atoms. The molecule has 0 aliphatic rings. The normalized spacial score (nSPS) is 11.9. The van der Waals surface area contributed by atoms with Crippen LogP contribution >= 0.6 is 11.6 Å². The van der Waals surface area contributed by atoms with Crippen molar-refractivity contribution in [1.29, 1.82) is 0 Å². The van der Waals surface area contributed by atoms with Gasteiger partial charge in [-0.2, -0.15) is 0 Å². The zero-order valence-corrected chi connectivity index (χ0v) is 13.1.